The van der Waals surface area contributed by atoms with Crippen LogP contribution in [0.3, 0.4) is 0 Å². The fourth-order valence-corrected chi connectivity index (χ4v) is 1.57. The molecule has 0 saturated heterocycles. The van der Waals surface area contributed by atoms with Crippen LogP contribution in [0.15, 0.2) is 51.6 Å². The van der Waals surface area contributed by atoms with Crippen molar-refractivity contribution >= 4 is 5.69 Å². The van der Waals surface area contributed by atoms with Crippen LogP contribution < -0.4 is 10.5 Å². The lowest BCUT2D eigenvalue weighted by molar-refractivity contribution is 0.244. The molecule has 0 aliphatic rings. The van der Waals surface area contributed by atoms with Gasteiger partial charge < -0.3 is 19.4 Å². The van der Waals surface area contributed by atoms with Crippen molar-refractivity contribution in [3.63, 3.8) is 0 Å². The molecular formula is C13H11N3O3. The molecule has 2 N–H and O–H groups in total. The van der Waals surface area contributed by atoms with Gasteiger partial charge in [0.15, 0.2) is 12.4 Å². The standard InChI is InChI=1S/C13H11N3O3/c14-9-4-1-2-5-10(9)18-8-12-15-13(16-19-12)11-6-3-7-17-11/h1-7H,8,14H2. The van der Waals surface area contributed by atoms with E-state index in [1.165, 1.54) is 0 Å². The molecule has 6 nitrogen and oxygen atoms in total. The number of aromatic nitrogens is 2. The summed E-state index contributed by atoms with van der Waals surface area (Å²) >= 11 is 0. The number of nitrogen functional groups attached to an aromatic ring is 1. The molecule has 0 fully saturated rings. The average molecular weight is 257 g/mol. The van der Waals surface area contributed by atoms with Gasteiger partial charge in [-0.3, -0.25) is 0 Å². The zero-order valence-electron chi connectivity index (χ0n) is 9.95. The summed E-state index contributed by atoms with van der Waals surface area (Å²) in [5, 5.41) is 3.80. The zero-order chi connectivity index (χ0) is 13.1. The molecule has 1 aromatic carbocycles. The summed E-state index contributed by atoms with van der Waals surface area (Å²) in [5.41, 5.74) is 6.32. The minimum atomic E-state index is 0.155. The van der Waals surface area contributed by atoms with Gasteiger partial charge in [-0.15, -0.1) is 0 Å². The Bertz CT molecular complexity index is 661. The minimum absolute atomic E-state index is 0.155. The van der Waals surface area contributed by atoms with Crippen LogP contribution in [0, 0.1) is 0 Å². The highest BCUT2D eigenvalue weighted by Gasteiger charge is 2.11. The van der Waals surface area contributed by atoms with Crippen molar-refractivity contribution in [2.45, 2.75) is 6.61 Å². The smallest absolute Gasteiger partial charge is 0.264 e. The number of nitrogens with zero attached hydrogens (tertiary/aromatic N) is 2. The van der Waals surface area contributed by atoms with E-state index < -0.39 is 0 Å². The molecular weight excluding hydrogens is 246 g/mol. The van der Waals surface area contributed by atoms with Crippen molar-refractivity contribution in [2.75, 3.05) is 5.73 Å². The van der Waals surface area contributed by atoms with Gasteiger partial charge in [-0.25, -0.2) is 0 Å². The van der Waals surface area contributed by atoms with Crippen molar-refractivity contribution in [3.8, 4) is 17.3 Å². The SMILES string of the molecule is Nc1ccccc1OCc1nc(-c2ccco2)no1. The number of anilines is 1. The highest BCUT2D eigenvalue weighted by Crippen LogP contribution is 2.21. The molecule has 3 rings (SSSR count). The molecule has 0 atom stereocenters. The molecule has 0 aliphatic heterocycles. The summed E-state index contributed by atoms with van der Waals surface area (Å²) in [7, 11) is 0. The van der Waals surface area contributed by atoms with Gasteiger partial charge in [0.05, 0.1) is 12.0 Å². The zero-order valence-corrected chi connectivity index (χ0v) is 9.95. The van der Waals surface area contributed by atoms with Crippen molar-refractivity contribution in [2.24, 2.45) is 0 Å². The first kappa shape index (κ1) is 11.3. The average Bonchev–Trinajstić information content (AvgIpc) is 3.09. The number of furan rings is 1. The van der Waals surface area contributed by atoms with Gasteiger partial charge in [0.25, 0.3) is 5.89 Å². The molecule has 0 spiro atoms. The van der Waals surface area contributed by atoms with Crippen LogP contribution in [-0.4, -0.2) is 10.1 Å². The third-order valence-corrected chi connectivity index (χ3v) is 2.48. The van der Waals surface area contributed by atoms with Crippen LogP contribution in [0.5, 0.6) is 5.75 Å². The lowest BCUT2D eigenvalue weighted by Gasteiger charge is -2.05. The maximum Gasteiger partial charge on any atom is 0.264 e. The number of benzene rings is 1. The van der Waals surface area contributed by atoms with E-state index in [-0.39, 0.29) is 6.61 Å². The second-order valence-electron chi connectivity index (χ2n) is 3.82. The van der Waals surface area contributed by atoms with Crippen molar-refractivity contribution in [1.82, 2.24) is 10.1 Å². The van der Waals surface area contributed by atoms with E-state index >= 15 is 0 Å². The number of rotatable bonds is 4. The molecule has 6 heteroatoms. The Morgan fingerprint density at radius 3 is 2.84 bits per heavy atom. The van der Waals surface area contributed by atoms with Crippen molar-refractivity contribution in [1.29, 1.82) is 0 Å². The van der Waals surface area contributed by atoms with Gasteiger partial charge >= 0.3 is 0 Å². The van der Waals surface area contributed by atoms with Gasteiger partial charge in [0, 0.05) is 0 Å². The van der Waals surface area contributed by atoms with E-state index in [2.05, 4.69) is 10.1 Å². The second kappa shape index (κ2) is 4.85. The van der Waals surface area contributed by atoms with Gasteiger partial charge in [0.1, 0.15) is 5.75 Å². The largest absolute Gasteiger partial charge is 0.482 e. The Morgan fingerprint density at radius 1 is 1.16 bits per heavy atom. The summed E-state index contributed by atoms with van der Waals surface area (Å²) in [4.78, 5) is 4.16. The molecule has 0 amide bonds. The van der Waals surface area contributed by atoms with E-state index in [1.807, 2.05) is 12.1 Å². The van der Waals surface area contributed by atoms with E-state index in [9.17, 15) is 0 Å². The molecule has 0 radical (unpaired) electrons. The van der Waals surface area contributed by atoms with E-state index in [0.29, 0.717) is 28.9 Å². The van der Waals surface area contributed by atoms with Crippen LogP contribution in [-0.2, 0) is 6.61 Å². The van der Waals surface area contributed by atoms with Crippen LogP contribution in [0.1, 0.15) is 5.89 Å². The fourth-order valence-electron chi connectivity index (χ4n) is 1.57. The van der Waals surface area contributed by atoms with Crippen LogP contribution in [0.2, 0.25) is 0 Å². The molecule has 0 bridgehead atoms. The maximum atomic E-state index is 5.76. The predicted octanol–water partition coefficient (Wildman–Crippen LogP) is 2.49. The molecule has 0 unspecified atom stereocenters. The highest BCUT2D eigenvalue weighted by molar-refractivity contribution is 5.51. The maximum absolute atomic E-state index is 5.76. The van der Waals surface area contributed by atoms with E-state index in [4.69, 9.17) is 19.4 Å². The van der Waals surface area contributed by atoms with Crippen LogP contribution in [0.4, 0.5) is 5.69 Å². The summed E-state index contributed by atoms with van der Waals surface area (Å²) in [5.74, 6) is 1.88. The predicted molar refractivity (Wildman–Crippen MR) is 67.2 cm³/mol. The molecule has 96 valence electrons. The van der Waals surface area contributed by atoms with Gasteiger partial charge in [-0.1, -0.05) is 17.3 Å². The summed E-state index contributed by atoms with van der Waals surface area (Å²) in [6.07, 6.45) is 1.55. The summed E-state index contributed by atoms with van der Waals surface area (Å²) in [6, 6.07) is 10.7. The molecule has 0 aliphatic carbocycles. The minimum Gasteiger partial charge on any atom is -0.482 e. The van der Waals surface area contributed by atoms with Crippen LogP contribution >= 0.6 is 0 Å². The Kier molecular flexibility index (Phi) is 2.89. The van der Waals surface area contributed by atoms with Crippen molar-refractivity contribution < 1.29 is 13.7 Å². The topological polar surface area (TPSA) is 87.3 Å². The third-order valence-electron chi connectivity index (χ3n) is 2.48. The molecule has 2 heterocycles. The summed E-state index contributed by atoms with van der Waals surface area (Å²) < 4.78 is 15.7. The second-order valence-corrected chi connectivity index (χ2v) is 3.82. The Balaban J connectivity index is 1.70. The Morgan fingerprint density at radius 2 is 2.05 bits per heavy atom. The lowest BCUT2D eigenvalue weighted by Crippen LogP contribution is -1.98. The molecule has 3 aromatic rings. The van der Waals surface area contributed by atoms with Gasteiger partial charge in [-0.2, -0.15) is 4.98 Å². The normalized spacial score (nSPS) is 10.5. The quantitative estimate of drug-likeness (QED) is 0.722. The first-order chi connectivity index (χ1) is 9.33. The molecule has 0 saturated carbocycles. The molecule has 19 heavy (non-hydrogen) atoms. The molecule has 2 aromatic heterocycles. The number of nitrogens with two attached hydrogens (primary N) is 1. The Hall–Kier alpha value is -2.76. The summed E-state index contributed by atoms with van der Waals surface area (Å²) in [6.45, 7) is 0.155. The third kappa shape index (κ3) is 2.42. The van der Waals surface area contributed by atoms with E-state index in [0.717, 1.165) is 0 Å². The van der Waals surface area contributed by atoms with Gasteiger partial charge in [-0.05, 0) is 24.3 Å². The highest BCUT2D eigenvalue weighted by atomic mass is 16.5. The lowest BCUT2D eigenvalue weighted by atomic mass is 10.3. The van der Waals surface area contributed by atoms with Crippen LogP contribution in [0.25, 0.3) is 11.6 Å². The first-order valence-electron chi connectivity index (χ1n) is 5.67. The number of para-hydroxylation sites is 2. The van der Waals surface area contributed by atoms with Crippen molar-refractivity contribution in [3.05, 3.63) is 48.6 Å². The Labute approximate surface area is 108 Å². The fraction of sp³-hybridized carbons (Fsp3) is 0.0769. The van der Waals surface area contributed by atoms with E-state index in [1.54, 1.807) is 30.5 Å². The number of ether oxygens (including phenoxy) is 1. The number of hydrogen-bond acceptors (Lipinski definition) is 6. The van der Waals surface area contributed by atoms with Gasteiger partial charge in [0.2, 0.25) is 5.82 Å². The monoisotopic (exact) mass is 257 g/mol. The first-order valence-corrected chi connectivity index (χ1v) is 5.67. The number of hydrogen-bond donors (Lipinski definition) is 1.